The molecule has 0 aliphatic carbocycles. The summed E-state index contributed by atoms with van der Waals surface area (Å²) in [4.78, 5) is 2.58. The molecule has 0 aromatic heterocycles. The Morgan fingerprint density at radius 3 is 2.94 bits per heavy atom. The molecule has 4 heteroatoms. The normalized spacial score (nSPS) is 26.4. The third-order valence-electron chi connectivity index (χ3n) is 3.59. The zero-order valence-electron chi connectivity index (χ0n) is 11.6. The van der Waals surface area contributed by atoms with Gasteiger partial charge in [0.2, 0.25) is 0 Å². The molecule has 102 valence electrons. The molecule has 3 atom stereocenters. The molecule has 0 aromatic rings. The van der Waals surface area contributed by atoms with Gasteiger partial charge in [0.1, 0.15) is 0 Å². The van der Waals surface area contributed by atoms with Crippen molar-refractivity contribution in [1.29, 1.82) is 0 Å². The van der Waals surface area contributed by atoms with Crippen molar-refractivity contribution in [3.63, 3.8) is 0 Å². The van der Waals surface area contributed by atoms with Gasteiger partial charge in [-0.15, -0.1) is 0 Å². The van der Waals surface area contributed by atoms with Crippen LogP contribution >= 0.6 is 0 Å². The Balaban J connectivity index is 2.40. The van der Waals surface area contributed by atoms with Gasteiger partial charge >= 0.3 is 0 Å². The molecular formula is C13H28N2OS. The fourth-order valence-electron chi connectivity index (χ4n) is 2.49. The van der Waals surface area contributed by atoms with E-state index in [0.717, 1.165) is 25.3 Å². The second-order valence-electron chi connectivity index (χ2n) is 5.20. The maximum absolute atomic E-state index is 11.1. The van der Waals surface area contributed by atoms with Gasteiger partial charge in [0.25, 0.3) is 0 Å². The standard InChI is InChI=1S/C13H28N2OS/c1-4-6-13-11-15(9-5-8-14-13)12(2)7-10-17(3)16/h12-14H,4-11H2,1-3H3. The molecule has 0 spiro atoms. The topological polar surface area (TPSA) is 32.3 Å². The number of hydrogen-bond acceptors (Lipinski definition) is 3. The molecule has 0 saturated carbocycles. The molecule has 1 saturated heterocycles. The van der Waals surface area contributed by atoms with Crippen molar-refractivity contribution in [3.05, 3.63) is 0 Å². The molecule has 0 aromatic carbocycles. The summed E-state index contributed by atoms with van der Waals surface area (Å²) in [7, 11) is -0.649. The van der Waals surface area contributed by atoms with Crippen LogP contribution in [0.2, 0.25) is 0 Å². The highest BCUT2D eigenvalue weighted by Crippen LogP contribution is 2.11. The predicted molar refractivity (Wildman–Crippen MR) is 75.9 cm³/mol. The van der Waals surface area contributed by atoms with E-state index in [-0.39, 0.29) is 0 Å². The Morgan fingerprint density at radius 1 is 1.53 bits per heavy atom. The quantitative estimate of drug-likeness (QED) is 0.787. The Morgan fingerprint density at radius 2 is 2.29 bits per heavy atom. The summed E-state index contributed by atoms with van der Waals surface area (Å²) in [6, 6.07) is 1.22. The van der Waals surface area contributed by atoms with E-state index in [4.69, 9.17) is 0 Å². The van der Waals surface area contributed by atoms with E-state index in [1.807, 2.05) is 0 Å². The lowest BCUT2D eigenvalue weighted by Crippen LogP contribution is -2.42. The van der Waals surface area contributed by atoms with E-state index in [1.54, 1.807) is 6.26 Å². The Labute approximate surface area is 109 Å². The van der Waals surface area contributed by atoms with Gasteiger partial charge in [-0.05, 0) is 39.3 Å². The van der Waals surface area contributed by atoms with E-state index in [1.165, 1.54) is 25.8 Å². The van der Waals surface area contributed by atoms with Crippen LogP contribution in [-0.2, 0) is 10.8 Å². The molecule has 1 aliphatic rings. The molecule has 17 heavy (non-hydrogen) atoms. The Kier molecular flexibility index (Phi) is 7.32. The highest BCUT2D eigenvalue weighted by molar-refractivity contribution is 7.84. The summed E-state index contributed by atoms with van der Waals surface area (Å²) < 4.78 is 11.1. The minimum atomic E-state index is -0.649. The first-order valence-corrected chi connectivity index (χ1v) is 8.63. The third kappa shape index (κ3) is 5.98. The van der Waals surface area contributed by atoms with Gasteiger partial charge in [-0.3, -0.25) is 9.11 Å². The SMILES string of the molecule is CCCC1CN(C(C)CCS(C)=O)CCCN1. The number of nitrogens with zero attached hydrogens (tertiary/aromatic N) is 1. The minimum absolute atomic E-state index is 0.568. The third-order valence-corrected chi connectivity index (χ3v) is 4.40. The number of nitrogens with one attached hydrogen (secondary N) is 1. The summed E-state index contributed by atoms with van der Waals surface area (Å²) in [6.45, 7) is 8.02. The average molecular weight is 260 g/mol. The van der Waals surface area contributed by atoms with Crippen molar-refractivity contribution in [1.82, 2.24) is 10.2 Å². The summed E-state index contributed by atoms with van der Waals surface area (Å²) >= 11 is 0. The van der Waals surface area contributed by atoms with Gasteiger partial charge in [-0.1, -0.05) is 13.3 Å². The van der Waals surface area contributed by atoms with E-state index in [0.29, 0.717) is 12.1 Å². The van der Waals surface area contributed by atoms with Gasteiger partial charge in [-0.25, -0.2) is 0 Å². The maximum atomic E-state index is 11.1. The average Bonchev–Trinajstić information content (AvgIpc) is 2.52. The van der Waals surface area contributed by atoms with Crippen molar-refractivity contribution in [2.75, 3.05) is 31.6 Å². The molecule has 1 fully saturated rings. The van der Waals surface area contributed by atoms with E-state index in [2.05, 4.69) is 24.1 Å². The van der Waals surface area contributed by atoms with Gasteiger partial charge in [-0.2, -0.15) is 0 Å². The highest BCUT2D eigenvalue weighted by Gasteiger charge is 2.20. The van der Waals surface area contributed by atoms with Crippen LogP contribution in [0, 0.1) is 0 Å². The van der Waals surface area contributed by atoms with Crippen LogP contribution in [0.3, 0.4) is 0 Å². The first-order valence-electron chi connectivity index (χ1n) is 6.91. The molecular weight excluding hydrogens is 232 g/mol. The summed E-state index contributed by atoms with van der Waals surface area (Å²) in [5, 5.41) is 3.63. The van der Waals surface area contributed by atoms with Crippen LogP contribution in [0.25, 0.3) is 0 Å². The summed E-state index contributed by atoms with van der Waals surface area (Å²) in [6.07, 6.45) is 6.61. The monoisotopic (exact) mass is 260 g/mol. The van der Waals surface area contributed by atoms with Crippen LogP contribution in [0.1, 0.15) is 39.5 Å². The molecule has 1 N–H and O–H groups in total. The van der Waals surface area contributed by atoms with Crippen molar-refractivity contribution in [2.45, 2.75) is 51.6 Å². The fourth-order valence-corrected chi connectivity index (χ4v) is 3.16. The molecule has 1 aliphatic heterocycles. The van der Waals surface area contributed by atoms with Crippen molar-refractivity contribution in [3.8, 4) is 0 Å². The van der Waals surface area contributed by atoms with Gasteiger partial charge in [0.15, 0.2) is 0 Å². The van der Waals surface area contributed by atoms with E-state index in [9.17, 15) is 4.21 Å². The first kappa shape index (κ1) is 15.1. The molecule has 1 heterocycles. The van der Waals surface area contributed by atoms with E-state index < -0.39 is 10.8 Å². The summed E-state index contributed by atoms with van der Waals surface area (Å²) in [5.41, 5.74) is 0. The molecule has 3 unspecified atom stereocenters. The Bertz CT molecular complexity index is 235. The Hall–Kier alpha value is 0.0700. The molecule has 0 radical (unpaired) electrons. The lowest BCUT2D eigenvalue weighted by Gasteiger charge is -2.30. The van der Waals surface area contributed by atoms with Crippen LogP contribution in [0.15, 0.2) is 0 Å². The van der Waals surface area contributed by atoms with Crippen LogP contribution in [0.4, 0.5) is 0 Å². The molecule has 0 bridgehead atoms. The van der Waals surface area contributed by atoms with Crippen molar-refractivity contribution < 1.29 is 4.21 Å². The minimum Gasteiger partial charge on any atom is -0.313 e. The molecule has 3 nitrogen and oxygen atoms in total. The van der Waals surface area contributed by atoms with Crippen LogP contribution < -0.4 is 5.32 Å². The largest absolute Gasteiger partial charge is 0.313 e. The zero-order valence-corrected chi connectivity index (χ0v) is 12.4. The van der Waals surface area contributed by atoms with Gasteiger partial charge < -0.3 is 5.32 Å². The second-order valence-corrected chi connectivity index (χ2v) is 6.76. The smallest absolute Gasteiger partial charge is 0.0246 e. The molecule has 1 rings (SSSR count). The lowest BCUT2D eigenvalue weighted by atomic mass is 10.1. The molecule has 0 amide bonds. The van der Waals surface area contributed by atoms with Crippen LogP contribution in [-0.4, -0.2) is 52.8 Å². The van der Waals surface area contributed by atoms with Gasteiger partial charge in [0.05, 0.1) is 0 Å². The number of hydrogen-bond donors (Lipinski definition) is 1. The second kappa shape index (κ2) is 8.22. The fraction of sp³-hybridized carbons (Fsp3) is 1.00. The van der Waals surface area contributed by atoms with Crippen molar-refractivity contribution >= 4 is 10.8 Å². The first-order chi connectivity index (χ1) is 8.13. The maximum Gasteiger partial charge on any atom is 0.0246 e. The predicted octanol–water partition coefficient (Wildman–Crippen LogP) is 1.61. The lowest BCUT2D eigenvalue weighted by molar-refractivity contribution is 0.198. The van der Waals surface area contributed by atoms with Crippen molar-refractivity contribution in [2.24, 2.45) is 0 Å². The van der Waals surface area contributed by atoms with Crippen LogP contribution in [0.5, 0.6) is 0 Å². The van der Waals surface area contributed by atoms with Gasteiger partial charge in [0, 0.05) is 41.4 Å². The zero-order chi connectivity index (χ0) is 12.7. The summed E-state index contributed by atoms with van der Waals surface area (Å²) in [5.74, 6) is 0.837. The highest BCUT2D eigenvalue weighted by atomic mass is 32.2. The van der Waals surface area contributed by atoms with E-state index >= 15 is 0 Å². The number of rotatable bonds is 6.